The standard InChI is InChI=1S/C16H14N4O4/c1-2-20-14-12(15(23)19-16(20)24)17-13(18-14)10-6-3-9(4-7-10)5-8-11(21)22/h3-8H,2H2,1H3,(H,17,18)(H,21,22)(H,19,23,24). The third kappa shape index (κ3) is 2.76. The number of benzene rings is 1. The van der Waals surface area contributed by atoms with Crippen molar-refractivity contribution in [1.29, 1.82) is 0 Å². The molecule has 0 fully saturated rings. The van der Waals surface area contributed by atoms with Crippen LogP contribution in [0.25, 0.3) is 28.6 Å². The number of nitrogens with zero attached hydrogens (tertiary/aromatic N) is 2. The maximum atomic E-state index is 11.9. The smallest absolute Gasteiger partial charge is 0.330 e. The van der Waals surface area contributed by atoms with Gasteiger partial charge in [-0.15, -0.1) is 0 Å². The average Bonchev–Trinajstić information content (AvgIpc) is 2.99. The number of carboxylic acids is 1. The van der Waals surface area contributed by atoms with Gasteiger partial charge in [0.05, 0.1) is 0 Å². The Kier molecular flexibility index (Phi) is 3.87. The quantitative estimate of drug-likeness (QED) is 0.622. The van der Waals surface area contributed by atoms with Crippen LogP contribution in [0.5, 0.6) is 0 Å². The van der Waals surface area contributed by atoms with Crippen molar-refractivity contribution >= 4 is 23.2 Å². The zero-order valence-electron chi connectivity index (χ0n) is 12.7. The first-order valence-corrected chi connectivity index (χ1v) is 7.24. The second-order valence-corrected chi connectivity index (χ2v) is 5.08. The first-order chi connectivity index (χ1) is 11.5. The van der Waals surface area contributed by atoms with Gasteiger partial charge in [-0.05, 0) is 18.6 Å². The van der Waals surface area contributed by atoms with Crippen LogP contribution in [-0.2, 0) is 11.3 Å². The summed E-state index contributed by atoms with van der Waals surface area (Å²) in [5.41, 5.74) is 0.953. The molecule has 0 aliphatic carbocycles. The van der Waals surface area contributed by atoms with E-state index in [1.54, 1.807) is 31.2 Å². The third-order valence-corrected chi connectivity index (χ3v) is 3.55. The van der Waals surface area contributed by atoms with E-state index in [1.165, 1.54) is 10.6 Å². The van der Waals surface area contributed by atoms with E-state index in [4.69, 9.17) is 5.11 Å². The van der Waals surface area contributed by atoms with Gasteiger partial charge in [-0.25, -0.2) is 14.6 Å². The van der Waals surface area contributed by atoms with Crippen LogP contribution < -0.4 is 11.2 Å². The number of carbonyl (C=O) groups is 1. The number of carboxylic acid groups (broad SMARTS) is 1. The fraction of sp³-hybridized carbons (Fsp3) is 0.125. The summed E-state index contributed by atoms with van der Waals surface area (Å²) in [5, 5.41) is 8.62. The number of rotatable bonds is 4. The number of aryl methyl sites for hydroxylation is 1. The van der Waals surface area contributed by atoms with Crippen LogP contribution in [0.4, 0.5) is 0 Å². The summed E-state index contributed by atoms with van der Waals surface area (Å²) in [6, 6.07) is 6.97. The van der Waals surface area contributed by atoms with Gasteiger partial charge in [0.2, 0.25) is 0 Å². The van der Waals surface area contributed by atoms with Crippen LogP contribution in [0.1, 0.15) is 12.5 Å². The Bertz CT molecular complexity index is 1050. The van der Waals surface area contributed by atoms with E-state index in [2.05, 4.69) is 15.0 Å². The predicted molar refractivity (Wildman–Crippen MR) is 88.8 cm³/mol. The summed E-state index contributed by atoms with van der Waals surface area (Å²) in [4.78, 5) is 43.7. The van der Waals surface area contributed by atoms with Gasteiger partial charge in [0.15, 0.2) is 5.52 Å². The van der Waals surface area contributed by atoms with E-state index in [1.807, 2.05) is 0 Å². The monoisotopic (exact) mass is 326 g/mol. The van der Waals surface area contributed by atoms with Crippen molar-refractivity contribution in [2.75, 3.05) is 0 Å². The lowest BCUT2D eigenvalue weighted by molar-refractivity contribution is -0.131. The van der Waals surface area contributed by atoms with Crippen molar-refractivity contribution in [3.63, 3.8) is 0 Å². The zero-order chi connectivity index (χ0) is 17.3. The number of nitrogens with one attached hydrogen (secondary N) is 2. The van der Waals surface area contributed by atoms with Gasteiger partial charge < -0.3 is 10.1 Å². The van der Waals surface area contributed by atoms with Gasteiger partial charge >= 0.3 is 11.7 Å². The van der Waals surface area contributed by atoms with E-state index in [0.29, 0.717) is 23.6 Å². The number of hydrogen-bond acceptors (Lipinski definition) is 4. The molecule has 0 aliphatic rings. The minimum absolute atomic E-state index is 0.168. The lowest BCUT2D eigenvalue weighted by atomic mass is 10.1. The summed E-state index contributed by atoms with van der Waals surface area (Å²) in [6.07, 6.45) is 2.53. The molecule has 1 aromatic carbocycles. The topological polar surface area (TPSA) is 121 Å². The van der Waals surface area contributed by atoms with Gasteiger partial charge in [0, 0.05) is 18.2 Å². The highest BCUT2D eigenvalue weighted by Crippen LogP contribution is 2.19. The fourth-order valence-electron chi connectivity index (χ4n) is 2.40. The molecule has 2 aromatic heterocycles. The van der Waals surface area contributed by atoms with E-state index < -0.39 is 17.2 Å². The minimum atomic E-state index is -1.02. The molecule has 24 heavy (non-hydrogen) atoms. The summed E-state index contributed by atoms with van der Waals surface area (Å²) >= 11 is 0. The van der Waals surface area contributed by atoms with Gasteiger partial charge in [-0.2, -0.15) is 0 Å². The molecule has 3 N–H and O–H groups in total. The fourth-order valence-corrected chi connectivity index (χ4v) is 2.40. The highest BCUT2D eigenvalue weighted by Gasteiger charge is 2.12. The van der Waals surface area contributed by atoms with Crippen LogP contribution in [0.3, 0.4) is 0 Å². The van der Waals surface area contributed by atoms with Gasteiger partial charge in [0.1, 0.15) is 11.5 Å². The molecule has 2 heterocycles. The first kappa shape index (κ1) is 15.5. The molecule has 122 valence electrons. The number of aromatic nitrogens is 4. The number of hydrogen-bond donors (Lipinski definition) is 3. The molecule has 0 bridgehead atoms. The second kappa shape index (κ2) is 5.99. The minimum Gasteiger partial charge on any atom is -0.478 e. The molecule has 0 atom stereocenters. The van der Waals surface area contributed by atoms with E-state index in [9.17, 15) is 14.4 Å². The predicted octanol–water partition coefficient (Wildman–Crippen LogP) is 1.20. The SMILES string of the molecule is CCn1c(=O)[nH]c(=O)c2nc(-c3ccc(C=CC(=O)O)cc3)[nH]c21. The molecule has 0 amide bonds. The Morgan fingerprint density at radius 2 is 1.96 bits per heavy atom. The second-order valence-electron chi connectivity index (χ2n) is 5.08. The van der Waals surface area contributed by atoms with Crippen LogP contribution in [0, 0.1) is 0 Å². The Morgan fingerprint density at radius 1 is 1.25 bits per heavy atom. The van der Waals surface area contributed by atoms with Crippen molar-refractivity contribution in [2.24, 2.45) is 0 Å². The molecule has 8 nitrogen and oxygen atoms in total. The summed E-state index contributed by atoms with van der Waals surface area (Å²) in [7, 11) is 0. The molecule has 0 aliphatic heterocycles. The molecule has 0 radical (unpaired) electrons. The molecule has 0 unspecified atom stereocenters. The summed E-state index contributed by atoms with van der Waals surface area (Å²) in [6.45, 7) is 2.19. The Morgan fingerprint density at radius 3 is 2.58 bits per heavy atom. The summed E-state index contributed by atoms with van der Waals surface area (Å²) < 4.78 is 1.40. The number of imidazole rings is 1. The first-order valence-electron chi connectivity index (χ1n) is 7.24. The highest BCUT2D eigenvalue weighted by molar-refractivity contribution is 5.85. The molecular weight excluding hydrogens is 312 g/mol. The van der Waals surface area contributed by atoms with Crippen molar-refractivity contribution in [1.82, 2.24) is 19.5 Å². The number of fused-ring (bicyclic) bond motifs is 1. The lowest BCUT2D eigenvalue weighted by Gasteiger charge is -2.01. The van der Waals surface area contributed by atoms with Crippen LogP contribution in [0.2, 0.25) is 0 Å². The molecule has 0 saturated heterocycles. The largest absolute Gasteiger partial charge is 0.478 e. The average molecular weight is 326 g/mol. The van der Waals surface area contributed by atoms with E-state index in [-0.39, 0.29) is 5.52 Å². The Hall–Kier alpha value is -3.42. The van der Waals surface area contributed by atoms with Crippen molar-refractivity contribution in [2.45, 2.75) is 13.5 Å². The molecule has 3 rings (SSSR count). The van der Waals surface area contributed by atoms with Crippen LogP contribution in [-0.4, -0.2) is 30.6 Å². The molecule has 8 heteroatoms. The number of aliphatic carboxylic acids is 1. The number of aromatic amines is 2. The van der Waals surface area contributed by atoms with Gasteiger partial charge in [0.25, 0.3) is 5.56 Å². The molecular formula is C16H14N4O4. The molecule has 0 spiro atoms. The van der Waals surface area contributed by atoms with Crippen molar-refractivity contribution in [3.05, 3.63) is 56.7 Å². The van der Waals surface area contributed by atoms with Gasteiger partial charge in [-0.1, -0.05) is 24.3 Å². The molecule has 0 saturated carbocycles. The molecule has 3 aromatic rings. The van der Waals surface area contributed by atoms with Crippen LogP contribution >= 0.6 is 0 Å². The number of H-pyrrole nitrogens is 2. The van der Waals surface area contributed by atoms with E-state index in [0.717, 1.165) is 11.6 Å². The van der Waals surface area contributed by atoms with E-state index >= 15 is 0 Å². The summed E-state index contributed by atoms with van der Waals surface area (Å²) in [5.74, 6) is -0.565. The Labute approximate surface area is 135 Å². The maximum Gasteiger partial charge on any atom is 0.330 e. The lowest BCUT2D eigenvalue weighted by Crippen LogP contribution is -2.29. The van der Waals surface area contributed by atoms with Gasteiger partial charge in [-0.3, -0.25) is 14.3 Å². The van der Waals surface area contributed by atoms with Crippen LogP contribution in [0.15, 0.2) is 39.9 Å². The van der Waals surface area contributed by atoms with Crippen molar-refractivity contribution < 1.29 is 9.90 Å². The Balaban J connectivity index is 2.07. The maximum absolute atomic E-state index is 11.9. The normalized spacial score (nSPS) is 11.4. The highest BCUT2D eigenvalue weighted by atomic mass is 16.4. The zero-order valence-corrected chi connectivity index (χ0v) is 12.7. The third-order valence-electron chi connectivity index (χ3n) is 3.55. The van der Waals surface area contributed by atoms with Crippen molar-refractivity contribution in [3.8, 4) is 11.4 Å².